The number of aliphatic imine (C=N–C) groups is 1. The van der Waals surface area contributed by atoms with Crippen LogP contribution in [0.4, 0.5) is 5.82 Å². The van der Waals surface area contributed by atoms with E-state index in [4.69, 9.17) is 25.7 Å². The number of hydrogen-bond donors (Lipinski definition) is 1. The second-order valence-electron chi connectivity index (χ2n) is 11.9. The number of para-hydroxylation sites is 1. The molecular formula is C32H35ClN4O5. The molecule has 1 amide bonds. The Kier molecular flexibility index (Phi) is 8.23. The first-order valence-electron chi connectivity index (χ1n) is 14.2. The van der Waals surface area contributed by atoms with Crippen LogP contribution in [-0.4, -0.2) is 53.0 Å². The summed E-state index contributed by atoms with van der Waals surface area (Å²) in [5, 5.41) is 3.81. The number of likely N-dealkylation sites (N-methyl/N-ethyl adjacent to an activating group) is 1. The summed E-state index contributed by atoms with van der Waals surface area (Å²) in [5.74, 6) is -1.03. The summed E-state index contributed by atoms with van der Waals surface area (Å²) in [6.45, 7) is 5.39. The number of hydrogen-bond acceptors (Lipinski definition) is 8. The van der Waals surface area contributed by atoms with Crippen LogP contribution in [0.1, 0.15) is 69.0 Å². The van der Waals surface area contributed by atoms with Crippen molar-refractivity contribution in [3.8, 4) is 0 Å². The summed E-state index contributed by atoms with van der Waals surface area (Å²) in [6, 6.07) is 10.4. The van der Waals surface area contributed by atoms with Gasteiger partial charge in [-0.3, -0.25) is 19.4 Å². The van der Waals surface area contributed by atoms with Gasteiger partial charge in [-0.25, -0.2) is 4.98 Å². The van der Waals surface area contributed by atoms with E-state index in [9.17, 15) is 14.4 Å². The lowest BCUT2D eigenvalue weighted by Gasteiger charge is -2.30. The quantitative estimate of drug-likeness (QED) is 0.305. The molecule has 1 fully saturated rings. The van der Waals surface area contributed by atoms with Gasteiger partial charge in [0.25, 0.3) is 5.91 Å². The van der Waals surface area contributed by atoms with Crippen molar-refractivity contribution in [2.24, 2.45) is 10.9 Å². The van der Waals surface area contributed by atoms with Gasteiger partial charge in [0.1, 0.15) is 23.5 Å². The Hall–Kier alpha value is -3.98. The zero-order chi connectivity index (χ0) is 30.1. The molecule has 0 radical (unpaired) electrons. The highest BCUT2D eigenvalue weighted by Crippen LogP contribution is 2.45. The number of carbonyl (C=O) groups is 3. The molecule has 0 bridgehead atoms. The molecule has 1 atom stereocenters. The largest absolute Gasteiger partial charge is 0.459 e. The zero-order valence-electron chi connectivity index (χ0n) is 24.3. The van der Waals surface area contributed by atoms with E-state index in [1.807, 2.05) is 39.0 Å². The van der Waals surface area contributed by atoms with Crippen LogP contribution in [0.2, 0.25) is 5.02 Å². The molecule has 3 heterocycles. The number of carbonyl (C=O) groups excluding carboxylic acids is 3. The van der Waals surface area contributed by atoms with Gasteiger partial charge in [-0.1, -0.05) is 49.1 Å². The molecule has 2 aliphatic rings. The third-order valence-corrected chi connectivity index (χ3v) is 7.71. The Morgan fingerprint density at radius 3 is 2.55 bits per heavy atom. The summed E-state index contributed by atoms with van der Waals surface area (Å²) in [6.07, 6.45) is 9.26. The maximum absolute atomic E-state index is 14.5. The van der Waals surface area contributed by atoms with E-state index < -0.39 is 23.0 Å². The molecule has 1 unspecified atom stereocenters. The van der Waals surface area contributed by atoms with Crippen LogP contribution in [0.15, 0.2) is 63.8 Å². The van der Waals surface area contributed by atoms with Crippen molar-refractivity contribution in [1.29, 1.82) is 0 Å². The van der Waals surface area contributed by atoms with Crippen molar-refractivity contribution < 1.29 is 23.5 Å². The number of nitrogens with zero attached hydrogens (tertiary/aromatic N) is 3. The van der Waals surface area contributed by atoms with E-state index >= 15 is 0 Å². The molecule has 2 aromatic heterocycles. The number of nitrogens with one attached hydrogen (secondary N) is 1. The minimum absolute atomic E-state index is 0.0263. The first kappa shape index (κ1) is 29.5. The molecule has 1 N–H and O–H groups in total. The molecule has 1 aromatic carbocycles. The smallest absolute Gasteiger partial charge is 0.326 e. The molecule has 3 aromatic rings. The van der Waals surface area contributed by atoms with E-state index in [1.165, 1.54) is 6.20 Å². The molecule has 0 spiro atoms. The standard InChI is InChI=1S/C32H35ClN4O5/c1-31(2,3)42-26(38)19-37(4)22-16-32(35-18-22,29(39)20-10-6-5-7-11-20)27-23-12-8-9-13-24(23)41-28(27)30(40)36-25-15-14-21(33)17-34-25/h8-9,12-18,20H,5-7,10-11,19H2,1-4H3,(H,34,36,40). The average Bonchev–Trinajstić information content (AvgIpc) is 3.57. The van der Waals surface area contributed by atoms with Gasteiger partial charge in [-0.05, 0) is 57.9 Å². The van der Waals surface area contributed by atoms with Crippen LogP contribution < -0.4 is 5.32 Å². The number of amides is 1. The van der Waals surface area contributed by atoms with Gasteiger partial charge >= 0.3 is 5.97 Å². The Morgan fingerprint density at radius 1 is 1.12 bits per heavy atom. The minimum Gasteiger partial charge on any atom is -0.459 e. The number of fused-ring (bicyclic) bond motifs is 1. The van der Waals surface area contributed by atoms with Gasteiger partial charge in [0.2, 0.25) is 0 Å². The molecule has 10 heteroatoms. The van der Waals surface area contributed by atoms with E-state index in [0.29, 0.717) is 27.3 Å². The third-order valence-electron chi connectivity index (χ3n) is 7.49. The first-order chi connectivity index (χ1) is 20.0. The van der Waals surface area contributed by atoms with Crippen LogP contribution in [0.3, 0.4) is 0 Å². The highest BCUT2D eigenvalue weighted by atomic mass is 35.5. The van der Waals surface area contributed by atoms with Crippen LogP contribution in [0, 0.1) is 5.92 Å². The van der Waals surface area contributed by atoms with Gasteiger partial charge < -0.3 is 19.4 Å². The topological polar surface area (TPSA) is 114 Å². The molecule has 1 aliphatic carbocycles. The number of rotatable bonds is 8. The number of ketones is 1. The monoisotopic (exact) mass is 590 g/mol. The van der Waals surface area contributed by atoms with Gasteiger partial charge in [0.15, 0.2) is 17.1 Å². The average molecular weight is 591 g/mol. The molecule has 5 rings (SSSR count). The molecule has 220 valence electrons. The molecular weight excluding hydrogens is 556 g/mol. The third kappa shape index (κ3) is 6.11. The molecule has 42 heavy (non-hydrogen) atoms. The van der Waals surface area contributed by atoms with Crippen LogP contribution in [0.25, 0.3) is 11.0 Å². The molecule has 1 aliphatic heterocycles. The number of aromatic nitrogens is 1. The second kappa shape index (κ2) is 11.7. The van der Waals surface area contributed by atoms with Crippen LogP contribution in [-0.2, 0) is 19.9 Å². The highest BCUT2D eigenvalue weighted by Gasteiger charge is 2.49. The van der Waals surface area contributed by atoms with Crippen molar-refractivity contribution in [3.05, 3.63) is 70.7 Å². The Labute approximate surface area is 250 Å². The number of Topliss-reactive ketones (excluding diaryl/α,β-unsaturated/α-hetero) is 1. The summed E-state index contributed by atoms with van der Waals surface area (Å²) < 4.78 is 11.6. The summed E-state index contributed by atoms with van der Waals surface area (Å²) in [7, 11) is 1.75. The summed E-state index contributed by atoms with van der Waals surface area (Å²) in [5.41, 5.74) is -0.755. The van der Waals surface area contributed by atoms with Crippen molar-refractivity contribution in [2.75, 3.05) is 18.9 Å². The van der Waals surface area contributed by atoms with E-state index in [-0.39, 0.29) is 29.8 Å². The Balaban J connectivity index is 1.60. The summed E-state index contributed by atoms with van der Waals surface area (Å²) >= 11 is 5.97. The number of furan rings is 1. The number of anilines is 1. The number of allylic oxidation sites excluding steroid dienone is 1. The predicted octanol–water partition coefficient (Wildman–Crippen LogP) is 6.32. The highest BCUT2D eigenvalue weighted by molar-refractivity contribution is 6.30. The number of ether oxygens (including phenoxy) is 1. The second-order valence-corrected chi connectivity index (χ2v) is 12.3. The summed E-state index contributed by atoms with van der Waals surface area (Å²) in [4.78, 5) is 51.6. The number of benzene rings is 1. The predicted molar refractivity (Wildman–Crippen MR) is 162 cm³/mol. The normalized spacial score (nSPS) is 19.0. The fourth-order valence-corrected chi connectivity index (χ4v) is 5.71. The molecule has 0 saturated heterocycles. The number of esters is 1. The van der Waals surface area contributed by atoms with Crippen molar-refractivity contribution in [2.45, 2.75) is 64.0 Å². The first-order valence-corrected chi connectivity index (χ1v) is 14.5. The fraction of sp³-hybridized carbons (Fsp3) is 0.406. The van der Waals surface area contributed by atoms with Crippen molar-refractivity contribution >= 4 is 52.3 Å². The number of halogens is 1. The van der Waals surface area contributed by atoms with E-state index in [1.54, 1.807) is 42.4 Å². The fourth-order valence-electron chi connectivity index (χ4n) is 5.60. The van der Waals surface area contributed by atoms with Crippen molar-refractivity contribution in [1.82, 2.24) is 9.88 Å². The Bertz CT molecular complexity index is 1560. The lowest BCUT2D eigenvalue weighted by molar-refractivity contribution is -0.155. The molecule has 9 nitrogen and oxygen atoms in total. The van der Waals surface area contributed by atoms with Crippen molar-refractivity contribution in [3.63, 3.8) is 0 Å². The molecule has 1 saturated carbocycles. The maximum Gasteiger partial charge on any atom is 0.326 e. The maximum atomic E-state index is 14.5. The van der Waals surface area contributed by atoms with Gasteiger partial charge in [-0.15, -0.1) is 0 Å². The van der Waals surface area contributed by atoms with E-state index in [2.05, 4.69) is 10.3 Å². The zero-order valence-corrected chi connectivity index (χ0v) is 25.0. The van der Waals surface area contributed by atoms with E-state index in [0.717, 1.165) is 32.1 Å². The lowest BCUT2D eigenvalue weighted by atomic mass is 9.74. The SMILES string of the molecule is CN(CC(=O)OC(C)(C)C)C1=CC(C(=O)C2CCCCC2)(c2c(C(=O)Nc3ccc(Cl)cn3)oc3ccccc23)N=C1. The minimum atomic E-state index is -1.52. The van der Waals surface area contributed by atoms with Crippen LogP contribution in [0.5, 0.6) is 0 Å². The Morgan fingerprint density at radius 2 is 1.86 bits per heavy atom. The number of pyridine rings is 1. The van der Waals surface area contributed by atoms with Gasteiger partial charge in [0, 0.05) is 30.8 Å². The van der Waals surface area contributed by atoms with Gasteiger partial charge in [0.05, 0.1) is 16.3 Å². The van der Waals surface area contributed by atoms with Gasteiger partial charge in [-0.2, -0.15) is 0 Å². The van der Waals surface area contributed by atoms with Crippen LogP contribution >= 0.6 is 11.6 Å². The lowest BCUT2D eigenvalue weighted by Crippen LogP contribution is -2.38.